The van der Waals surface area contributed by atoms with Gasteiger partial charge in [-0.1, -0.05) is 18.2 Å². The lowest BCUT2D eigenvalue weighted by Gasteiger charge is -2.07. The van der Waals surface area contributed by atoms with E-state index in [0.29, 0.717) is 6.54 Å². The van der Waals surface area contributed by atoms with Crippen LogP contribution in [0.4, 0.5) is 0 Å². The minimum absolute atomic E-state index is 0.459. The average Bonchev–Trinajstić information content (AvgIpc) is 2.47. The van der Waals surface area contributed by atoms with Gasteiger partial charge in [0.1, 0.15) is 10.1 Å². The number of hydrogen-bond donors (Lipinski definition) is 1. The first-order valence-electron chi connectivity index (χ1n) is 5.89. The Labute approximate surface area is 115 Å². The van der Waals surface area contributed by atoms with Crippen molar-refractivity contribution in [1.29, 1.82) is 0 Å². The Morgan fingerprint density at radius 2 is 2.05 bits per heavy atom. The van der Waals surface area contributed by atoms with Crippen LogP contribution in [0.1, 0.15) is 5.56 Å². The molecule has 94 valence electrons. The van der Waals surface area contributed by atoms with E-state index in [1.165, 1.54) is 11.8 Å². The molecule has 0 fully saturated rings. The molecule has 0 unspecified atom stereocenters. The second kappa shape index (κ2) is 5.34. The van der Waals surface area contributed by atoms with Crippen LogP contribution in [0.25, 0.3) is 10.9 Å². The van der Waals surface area contributed by atoms with Crippen molar-refractivity contribution in [3.63, 3.8) is 0 Å². The smallest absolute Gasteiger partial charge is 0.121 e. The van der Waals surface area contributed by atoms with Crippen LogP contribution in [-0.4, -0.2) is 15.0 Å². The van der Waals surface area contributed by atoms with E-state index in [2.05, 4.69) is 21.0 Å². The molecule has 2 heterocycles. The minimum Gasteiger partial charge on any atom is -0.326 e. The molecule has 3 aromatic rings. The zero-order valence-corrected chi connectivity index (χ0v) is 11.0. The summed E-state index contributed by atoms with van der Waals surface area (Å²) >= 11 is 1.49. The molecule has 0 aliphatic heterocycles. The summed E-state index contributed by atoms with van der Waals surface area (Å²) in [5.41, 5.74) is 7.79. The van der Waals surface area contributed by atoms with Gasteiger partial charge in [-0.25, -0.2) is 9.97 Å². The molecular formula is C14H12N4S. The molecule has 2 aromatic heterocycles. The summed E-state index contributed by atoms with van der Waals surface area (Å²) in [5, 5.41) is 2.81. The maximum absolute atomic E-state index is 5.81. The quantitative estimate of drug-likeness (QED) is 0.791. The maximum atomic E-state index is 5.81. The van der Waals surface area contributed by atoms with Crippen LogP contribution in [0.15, 0.2) is 59.0 Å². The molecule has 0 amide bonds. The molecule has 3 rings (SSSR count). The predicted octanol–water partition coefficient (Wildman–Crippen LogP) is 2.63. The Kier molecular flexibility index (Phi) is 3.39. The summed E-state index contributed by atoms with van der Waals surface area (Å²) in [6.07, 6.45) is 5.05. The van der Waals surface area contributed by atoms with Crippen molar-refractivity contribution >= 4 is 22.7 Å². The van der Waals surface area contributed by atoms with E-state index in [1.54, 1.807) is 18.6 Å². The van der Waals surface area contributed by atoms with Crippen molar-refractivity contribution in [3.05, 3.63) is 54.5 Å². The number of aromatic nitrogens is 3. The number of hydrogen-bond acceptors (Lipinski definition) is 5. The first-order chi connectivity index (χ1) is 9.36. The number of pyridine rings is 1. The highest BCUT2D eigenvalue weighted by Gasteiger charge is 2.08. The van der Waals surface area contributed by atoms with Gasteiger partial charge in [-0.15, -0.1) is 0 Å². The molecule has 0 saturated carbocycles. The molecule has 19 heavy (non-hydrogen) atoms. The van der Waals surface area contributed by atoms with E-state index in [1.807, 2.05) is 24.3 Å². The number of para-hydroxylation sites is 1. The first kappa shape index (κ1) is 12.1. The van der Waals surface area contributed by atoms with E-state index in [4.69, 9.17) is 5.73 Å². The summed E-state index contributed by atoms with van der Waals surface area (Å²) < 4.78 is 0. The topological polar surface area (TPSA) is 64.7 Å². The molecule has 4 nitrogen and oxygen atoms in total. The SMILES string of the molecule is NCc1cc2ccccc2nc1Sc1cnccn1. The van der Waals surface area contributed by atoms with Gasteiger partial charge in [0.25, 0.3) is 0 Å². The summed E-state index contributed by atoms with van der Waals surface area (Å²) in [7, 11) is 0. The van der Waals surface area contributed by atoms with Crippen LogP contribution in [0.3, 0.4) is 0 Å². The van der Waals surface area contributed by atoms with E-state index < -0.39 is 0 Å². The van der Waals surface area contributed by atoms with Gasteiger partial charge in [0, 0.05) is 24.3 Å². The van der Waals surface area contributed by atoms with Crippen LogP contribution < -0.4 is 5.73 Å². The summed E-state index contributed by atoms with van der Waals surface area (Å²) in [6.45, 7) is 0.459. The Morgan fingerprint density at radius 1 is 1.16 bits per heavy atom. The molecule has 0 atom stereocenters. The normalized spacial score (nSPS) is 10.8. The lowest BCUT2D eigenvalue weighted by atomic mass is 10.1. The fourth-order valence-corrected chi connectivity index (χ4v) is 2.66. The fraction of sp³-hybridized carbons (Fsp3) is 0.0714. The van der Waals surface area contributed by atoms with Gasteiger partial charge in [-0.2, -0.15) is 0 Å². The third kappa shape index (κ3) is 2.57. The molecular weight excluding hydrogens is 256 g/mol. The van der Waals surface area contributed by atoms with Crippen LogP contribution in [0.2, 0.25) is 0 Å². The molecule has 2 N–H and O–H groups in total. The second-order valence-corrected chi connectivity index (χ2v) is 5.00. The van der Waals surface area contributed by atoms with Gasteiger partial charge in [-0.3, -0.25) is 4.98 Å². The summed E-state index contributed by atoms with van der Waals surface area (Å²) in [5.74, 6) is 0. The van der Waals surface area contributed by atoms with Gasteiger partial charge in [0.05, 0.1) is 11.7 Å². The third-order valence-electron chi connectivity index (χ3n) is 2.72. The van der Waals surface area contributed by atoms with E-state index >= 15 is 0 Å². The number of fused-ring (bicyclic) bond motifs is 1. The summed E-state index contributed by atoms with van der Waals surface area (Å²) in [4.78, 5) is 13.0. The lowest BCUT2D eigenvalue weighted by molar-refractivity contribution is 0.973. The Hall–Kier alpha value is -1.98. The van der Waals surface area contributed by atoms with Crippen LogP contribution in [0.5, 0.6) is 0 Å². The average molecular weight is 268 g/mol. The van der Waals surface area contributed by atoms with Crippen molar-refractivity contribution in [2.24, 2.45) is 5.73 Å². The first-order valence-corrected chi connectivity index (χ1v) is 6.71. The number of nitrogens with two attached hydrogens (primary N) is 1. The van der Waals surface area contributed by atoms with Crippen molar-refractivity contribution < 1.29 is 0 Å². The molecule has 0 saturated heterocycles. The molecule has 0 aliphatic carbocycles. The molecule has 0 aliphatic rings. The monoisotopic (exact) mass is 268 g/mol. The highest BCUT2D eigenvalue weighted by Crippen LogP contribution is 2.29. The molecule has 5 heteroatoms. The third-order valence-corrected chi connectivity index (χ3v) is 3.69. The minimum atomic E-state index is 0.459. The Bertz CT molecular complexity index is 700. The zero-order chi connectivity index (χ0) is 13.1. The van der Waals surface area contributed by atoms with E-state index in [9.17, 15) is 0 Å². The Balaban J connectivity index is 2.06. The van der Waals surface area contributed by atoms with Gasteiger partial charge in [0.2, 0.25) is 0 Å². The fourth-order valence-electron chi connectivity index (χ4n) is 1.81. The van der Waals surface area contributed by atoms with Crippen molar-refractivity contribution in [2.75, 3.05) is 0 Å². The van der Waals surface area contributed by atoms with Crippen molar-refractivity contribution in [1.82, 2.24) is 15.0 Å². The molecule has 0 spiro atoms. The lowest BCUT2D eigenvalue weighted by Crippen LogP contribution is -2.00. The van der Waals surface area contributed by atoms with Gasteiger partial charge in [-0.05, 0) is 29.5 Å². The van der Waals surface area contributed by atoms with Crippen molar-refractivity contribution in [2.45, 2.75) is 16.6 Å². The molecule has 0 bridgehead atoms. The standard InChI is InChI=1S/C14H12N4S/c15-8-11-7-10-3-1-2-4-12(10)18-14(11)19-13-9-16-5-6-17-13/h1-7,9H,8,15H2. The highest BCUT2D eigenvalue weighted by molar-refractivity contribution is 7.99. The number of rotatable bonds is 3. The maximum Gasteiger partial charge on any atom is 0.121 e. The Morgan fingerprint density at radius 3 is 2.84 bits per heavy atom. The highest BCUT2D eigenvalue weighted by atomic mass is 32.2. The van der Waals surface area contributed by atoms with Gasteiger partial charge in [0.15, 0.2) is 0 Å². The predicted molar refractivity (Wildman–Crippen MR) is 75.8 cm³/mol. The number of nitrogens with zero attached hydrogens (tertiary/aromatic N) is 3. The van der Waals surface area contributed by atoms with Crippen molar-refractivity contribution in [3.8, 4) is 0 Å². The largest absolute Gasteiger partial charge is 0.326 e. The van der Waals surface area contributed by atoms with Crippen LogP contribution in [0, 0.1) is 0 Å². The number of benzene rings is 1. The molecule has 0 radical (unpaired) electrons. The zero-order valence-electron chi connectivity index (χ0n) is 10.2. The van der Waals surface area contributed by atoms with Crippen LogP contribution in [-0.2, 0) is 6.54 Å². The summed E-state index contributed by atoms with van der Waals surface area (Å²) in [6, 6.07) is 10.1. The van der Waals surface area contributed by atoms with Crippen LogP contribution >= 0.6 is 11.8 Å². The molecule has 1 aromatic carbocycles. The van der Waals surface area contributed by atoms with E-state index in [-0.39, 0.29) is 0 Å². The second-order valence-electron chi connectivity index (χ2n) is 4.00. The van der Waals surface area contributed by atoms with E-state index in [0.717, 1.165) is 26.5 Å². The van der Waals surface area contributed by atoms with Gasteiger partial charge >= 0.3 is 0 Å². The van der Waals surface area contributed by atoms with Gasteiger partial charge < -0.3 is 5.73 Å².